The van der Waals surface area contributed by atoms with Crippen LogP contribution in [0.3, 0.4) is 0 Å². The van der Waals surface area contributed by atoms with Gasteiger partial charge in [0.1, 0.15) is 18.2 Å². The summed E-state index contributed by atoms with van der Waals surface area (Å²) in [4.78, 5) is 3.60. The predicted octanol–water partition coefficient (Wildman–Crippen LogP) is 3.57. The first-order valence-corrected chi connectivity index (χ1v) is 8.36. The summed E-state index contributed by atoms with van der Waals surface area (Å²) in [5.41, 5.74) is 7.54. The first-order chi connectivity index (χ1) is 13.4. The topological polar surface area (TPSA) is 66.5 Å². The summed E-state index contributed by atoms with van der Waals surface area (Å²) in [6, 6.07) is 12.2. The second-order valence-electron chi connectivity index (χ2n) is 6.21. The lowest BCUT2D eigenvalue weighted by Gasteiger charge is -2.38. The number of hydrogen-bond donors (Lipinski definition) is 1. The van der Waals surface area contributed by atoms with E-state index in [1.54, 1.807) is 12.0 Å². The van der Waals surface area contributed by atoms with Crippen molar-refractivity contribution < 1.29 is 17.9 Å². The van der Waals surface area contributed by atoms with Gasteiger partial charge in [0.15, 0.2) is 5.84 Å². The van der Waals surface area contributed by atoms with Crippen LogP contribution in [0.25, 0.3) is 0 Å². The number of nitrogens with zero attached hydrogens (tertiary/aromatic N) is 4. The monoisotopic (exact) mass is 387 g/mol. The van der Waals surface area contributed by atoms with E-state index in [1.165, 1.54) is 18.3 Å². The molecule has 2 aromatic carbocycles. The zero-order valence-corrected chi connectivity index (χ0v) is 14.8. The fourth-order valence-corrected chi connectivity index (χ4v) is 3.08. The lowest BCUT2D eigenvalue weighted by molar-refractivity contribution is -0.137. The van der Waals surface area contributed by atoms with Crippen LogP contribution in [-0.2, 0) is 6.18 Å². The second-order valence-corrected chi connectivity index (χ2v) is 6.21. The minimum absolute atomic E-state index is 0.273. The number of halogens is 3. The van der Waals surface area contributed by atoms with Crippen molar-refractivity contribution in [3.63, 3.8) is 0 Å². The van der Waals surface area contributed by atoms with Gasteiger partial charge in [-0.25, -0.2) is 0 Å². The Labute approximate surface area is 159 Å². The Balaban J connectivity index is 1.71. The highest BCUT2D eigenvalue weighted by molar-refractivity contribution is 6.25. The Hall–Kier alpha value is -3.49. The molecule has 0 saturated carbocycles. The molecule has 0 bridgehead atoms. The van der Waals surface area contributed by atoms with Crippen LogP contribution in [0.5, 0.6) is 5.75 Å². The van der Waals surface area contributed by atoms with Gasteiger partial charge in [-0.2, -0.15) is 18.3 Å². The molecule has 0 unspecified atom stereocenters. The minimum Gasteiger partial charge on any atom is -0.497 e. The van der Waals surface area contributed by atoms with Crippen molar-refractivity contribution in [3.8, 4) is 5.75 Å². The van der Waals surface area contributed by atoms with E-state index in [-0.39, 0.29) is 6.67 Å². The van der Waals surface area contributed by atoms with Gasteiger partial charge < -0.3 is 20.3 Å². The number of alkyl halides is 3. The summed E-state index contributed by atoms with van der Waals surface area (Å²) in [7, 11) is 1.58. The lowest BCUT2D eigenvalue weighted by Crippen LogP contribution is -2.49. The summed E-state index contributed by atoms with van der Waals surface area (Å²) in [6.07, 6.45) is -2.85. The maximum absolute atomic E-state index is 12.9. The predicted molar refractivity (Wildman–Crippen MR) is 101 cm³/mol. The average Bonchev–Trinajstić information content (AvgIpc) is 3.18. The molecule has 2 aromatic rings. The molecule has 0 fully saturated rings. The Kier molecular flexibility index (Phi) is 4.21. The van der Waals surface area contributed by atoms with E-state index >= 15 is 0 Å². The number of rotatable bonds is 3. The summed E-state index contributed by atoms with van der Waals surface area (Å²) in [5.74, 6) is 1.68. The first kappa shape index (κ1) is 17.9. The lowest BCUT2D eigenvalue weighted by atomic mass is 10.1. The molecule has 144 valence electrons. The number of hydrogen-bond acceptors (Lipinski definition) is 6. The highest BCUT2D eigenvalue weighted by Crippen LogP contribution is 2.33. The van der Waals surface area contributed by atoms with Crippen LogP contribution in [0, 0.1) is 0 Å². The average molecular weight is 387 g/mol. The standard InChI is InChI=1S/C19H16F3N5O/c1-28-15-8-6-14(7-9-15)27-11-26(17(23)16-10-24-25-18(16)27)13-4-2-12(3-5-13)19(20,21)22/h2-10H,11,23H2,1H3. The largest absolute Gasteiger partial charge is 0.497 e. The minimum atomic E-state index is -4.39. The molecule has 2 aliphatic heterocycles. The molecule has 9 heteroatoms. The Bertz CT molecular complexity index is 978. The Morgan fingerprint density at radius 1 is 0.964 bits per heavy atom. The van der Waals surface area contributed by atoms with Crippen LogP contribution in [0.1, 0.15) is 5.56 Å². The summed E-state index contributed by atoms with van der Waals surface area (Å²) >= 11 is 0. The molecule has 28 heavy (non-hydrogen) atoms. The highest BCUT2D eigenvalue weighted by atomic mass is 19.4. The van der Waals surface area contributed by atoms with Gasteiger partial charge in [0.2, 0.25) is 0 Å². The van der Waals surface area contributed by atoms with Gasteiger partial charge in [-0.15, -0.1) is 5.10 Å². The van der Waals surface area contributed by atoms with Crippen LogP contribution < -0.4 is 20.3 Å². The van der Waals surface area contributed by atoms with Crippen molar-refractivity contribution in [1.82, 2.24) is 0 Å². The Morgan fingerprint density at radius 2 is 1.57 bits per heavy atom. The number of fused-ring (bicyclic) bond motifs is 1. The first-order valence-electron chi connectivity index (χ1n) is 8.36. The number of ether oxygens (including phenoxy) is 1. The van der Waals surface area contributed by atoms with E-state index < -0.39 is 11.7 Å². The molecule has 2 aliphatic rings. The van der Waals surface area contributed by atoms with Crippen LogP contribution in [0.15, 0.2) is 70.1 Å². The SMILES string of the molecule is COc1ccc(N2CN(c3ccc(C(F)(F)F)cc3)C(N)=C3C=NN=C32)cc1. The molecule has 2 N–H and O–H groups in total. The molecule has 0 aromatic heterocycles. The molecular weight excluding hydrogens is 371 g/mol. The van der Waals surface area contributed by atoms with E-state index in [2.05, 4.69) is 10.2 Å². The fraction of sp³-hybridized carbons (Fsp3) is 0.158. The molecule has 0 saturated heterocycles. The third-order valence-electron chi connectivity index (χ3n) is 4.58. The summed E-state index contributed by atoms with van der Waals surface area (Å²) in [5, 5.41) is 8.10. The molecule has 0 radical (unpaired) electrons. The van der Waals surface area contributed by atoms with Gasteiger partial charge in [-0.1, -0.05) is 0 Å². The number of methoxy groups -OCH3 is 1. The van der Waals surface area contributed by atoms with Crippen molar-refractivity contribution in [2.45, 2.75) is 6.18 Å². The number of amidine groups is 1. The van der Waals surface area contributed by atoms with Gasteiger partial charge in [0, 0.05) is 11.4 Å². The van der Waals surface area contributed by atoms with Crippen molar-refractivity contribution in [1.29, 1.82) is 0 Å². The summed E-state index contributed by atoms with van der Waals surface area (Å²) in [6.45, 7) is 0.273. The number of anilines is 2. The van der Waals surface area contributed by atoms with Crippen molar-refractivity contribution in [3.05, 3.63) is 65.5 Å². The van der Waals surface area contributed by atoms with Crippen LogP contribution in [-0.4, -0.2) is 25.8 Å². The van der Waals surface area contributed by atoms with E-state index in [1.807, 2.05) is 29.2 Å². The zero-order valence-electron chi connectivity index (χ0n) is 14.8. The molecule has 2 heterocycles. The van der Waals surface area contributed by atoms with Gasteiger partial charge in [0.25, 0.3) is 0 Å². The molecule has 0 spiro atoms. The van der Waals surface area contributed by atoms with Crippen LogP contribution >= 0.6 is 0 Å². The third kappa shape index (κ3) is 3.04. The third-order valence-corrected chi connectivity index (χ3v) is 4.58. The fourth-order valence-electron chi connectivity index (χ4n) is 3.08. The van der Waals surface area contributed by atoms with Crippen molar-refractivity contribution in [2.24, 2.45) is 15.9 Å². The van der Waals surface area contributed by atoms with Gasteiger partial charge >= 0.3 is 6.18 Å². The summed E-state index contributed by atoms with van der Waals surface area (Å²) < 4.78 is 43.8. The molecule has 0 atom stereocenters. The van der Waals surface area contributed by atoms with Gasteiger partial charge in [-0.05, 0) is 48.5 Å². The van der Waals surface area contributed by atoms with E-state index in [4.69, 9.17) is 10.5 Å². The maximum Gasteiger partial charge on any atom is 0.416 e. The molecule has 0 amide bonds. The van der Waals surface area contributed by atoms with Crippen LogP contribution in [0.2, 0.25) is 0 Å². The molecule has 6 nitrogen and oxygen atoms in total. The van der Waals surface area contributed by atoms with Gasteiger partial charge in [0.05, 0.1) is 24.5 Å². The Morgan fingerprint density at radius 3 is 2.18 bits per heavy atom. The number of benzene rings is 2. The quantitative estimate of drug-likeness (QED) is 0.875. The smallest absolute Gasteiger partial charge is 0.416 e. The van der Waals surface area contributed by atoms with Crippen molar-refractivity contribution in [2.75, 3.05) is 23.6 Å². The normalized spacial score (nSPS) is 16.4. The zero-order chi connectivity index (χ0) is 19.9. The highest BCUT2D eigenvalue weighted by Gasteiger charge is 2.33. The van der Waals surface area contributed by atoms with Crippen molar-refractivity contribution >= 4 is 23.4 Å². The van der Waals surface area contributed by atoms with E-state index in [0.29, 0.717) is 28.7 Å². The van der Waals surface area contributed by atoms with Gasteiger partial charge in [-0.3, -0.25) is 0 Å². The molecule has 4 rings (SSSR count). The van der Waals surface area contributed by atoms with E-state index in [0.717, 1.165) is 17.8 Å². The maximum atomic E-state index is 12.9. The van der Waals surface area contributed by atoms with Crippen LogP contribution in [0.4, 0.5) is 24.5 Å². The molecule has 0 aliphatic carbocycles. The van der Waals surface area contributed by atoms with E-state index in [9.17, 15) is 13.2 Å². The molecular formula is C19H16F3N5O. The second kappa shape index (κ2) is 6.59. The number of nitrogens with two attached hydrogens (primary N) is 1.